The van der Waals surface area contributed by atoms with Gasteiger partial charge in [-0.25, -0.2) is 4.39 Å². The normalized spacial score (nSPS) is 24.6. The van der Waals surface area contributed by atoms with Crippen molar-refractivity contribution in [2.24, 2.45) is 11.3 Å². The van der Waals surface area contributed by atoms with Gasteiger partial charge in [0.25, 0.3) is 5.91 Å². The highest BCUT2D eigenvalue weighted by Crippen LogP contribution is 2.59. The highest BCUT2D eigenvalue weighted by atomic mass is 35.5. The molecule has 1 atom stereocenters. The van der Waals surface area contributed by atoms with E-state index in [1.54, 1.807) is 4.90 Å². The lowest BCUT2D eigenvalue weighted by Gasteiger charge is -2.35. The van der Waals surface area contributed by atoms with E-state index >= 15 is 0 Å². The van der Waals surface area contributed by atoms with Crippen molar-refractivity contribution in [2.75, 3.05) is 39.3 Å². The molecule has 2 heterocycles. The molecule has 0 bridgehead atoms. The first kappa shape index (κ1) is 17.7. The fraction of sp³-hybridized carbons (Fsp3) is 0.579. The number of hydrogen-bond donors (Lipinski definition) is 1. The van der Waals surface area contributed by atoms with Gasteiger partial charge < -0.3 is 15.1 Å². The second-order valence-corrected chi connectivity index (χ2v) is 7.99. The van der Waals surface area contributed by atoms with Crippen LogP contribution in [0.3, 0.4) is 0 Å². The number of carbonyl (C=O) groups excluding carboxylic acids is 2. The highest BCUT2D eigenvalue weighted by Gasteiger charge is 2.58. The van der Waals surface area contributed by atoms with E-state index in [1.807, 2.05) is 4.90 Å². The van der Waals surface area contributed by atoms with Gasteiger partial charge in [-0.3, -0.25) is 9.59 Å². The molecule has 2 amide bonds. The standard InChI is InChI=1S/C19H23ClFN3O2/c20-14-2-1-3-15(21)16(14)18(26)24-10-8-23(9-11-24)17(25)13-12-19(13)4-6-22-7-5-19/h1-3,13,22H,4-12H2. The van der Waals surface area contributed by atoms with Crippen molar-refractivity contribution in [2.45, 2.75) is 19.3 Å². The van der Waals surface area contributed by atoms with E-state index in [2.05, 4.69) is 5.32 Å². The molecule has 2 saturated heterocycles. The van der Waals surface area contributed by atoms with Gasteiger partial charge in [0.1, 0.15) is 5.82 Å². The molecule has 3 fully saturated rings. The van der Waals surface area contributed by atoms with E-state index < -0.39 is 11.7 Å². The number of hydrogen-bond acceptors (Lipinski definition) is 3. The van der Waals surface area contributed by atoms with Crippen molar-refractivity contribution in [3.05, 3.63) is 34.6 Å². The number of benzene rings is 1. The molecule has 5 nitrogen and oxygen atoms in total. The molecule has 26 heavy (non-hydrogen) atoms. The first-order valence-electron chi connectivity index (χ1n) is 9.25. The lowest BCUT2D eigenvalue weighted by atomic mass is 9.91. The minimum Gasteiger partial charge on any atom is -0.339 e. The average Bonchev–Trinajstić information content (AvgIpc) is 3.34. The van der Waals surface area contributed by atoms with Crippen molar-refractivity contribution in [3.8, 4) is 0 Å². The van der Waals surface area contributed by atoms with E-state index in [1.165, 1.54) is 18.2 Å². The maximum Gasteiger partial charge on any atom is 0.258 e. The topological polar surface area (TPSA) is 52.7 Å². The van der Waals surface area contributed by atoms with E-state index in [0.717, 1.165) is 32.4 Å². The summed E-state index contributed by atoms with van der Waals surface area (Å²) in [6.45, 7) is 3.82. The van der Waals surface area contributed by atoms with Gasteiger partial charge in [-0.05, 0) is 49.9 Å². The molecular weight excluding hydrogens is 357 g/mol. The minimum absolute atomic E-state index is 0.0789. The second kappa shape index (κ2) is 6.82. The maximum absolute atomic E-state index is 14.0. The minimum atomic E-state index is -0.605. The molecule has 1 aromatic carbocycles. The predicted octanol–water partition coefficient (Wildman–Crippen LogP) is 2.15. The zero-order valence-electron chi connectivity index (χ0n) is 14.6. The van der Waals surface area contributed by atoms with Gasteiger partial charge in [-0.15, -0.1) is 0 Å². The van der Waals surface area contributed by atoms with Crippen LogP contribution in [0.15, 0.2) is 18.2 Å². The van der Waals surface area contributed by atoms with Gasteiger partial charge in [0.15, 0.2) is 0 Å². The van der Waals surface area contributed by atoms with Crippen molar-refractivity contribution < 1.29 is 14.0 Å². The fourth-order valence-electron chi connectivity index (χ4n) is 4.38. The molecule has 3 aliphatic rings. The lowest BCUT2D eigenvalue weighted by molar-refractivity contribution is -0.135. The number of piperidine rings is 1. The second-order valence-electron chi connectivity index (χ2n) is 7.58. The Hall–Kier alpha value is -1.66. The molecule has 140 valence electrons. The first-order valence-corrected chi connectivity index (χ1v) is 9.62. The summed E-state index contributed by atoms with van der Waals surface area (Å²) < 4.78 is 14.0. The van der Waals surface area contributed by atoms with Gasteiger partial charge >= 0.3 is 0 Å². The van der Waals surface area contributed by atoms with Crippen LogP contribution in [0, 0.1) is 17.2 Å². The van der Waals surface area contributed by atoms with E-state index in [9.17, 15) is 14.0 Å². The van der Waals surface area contributed by atoms with Crippen LogP contribution in [0.4, 0.5) is 4.39 Å². The molecule has 0 aromatic heterocycles. The molecule has 7 heteroatoms. The SMILES string of the molecule is O=C(c1c(F)cccc1Cl)N1CCN(C(=O)C2CC23CCNCC3)CC1. The zero-order chi connectivity index (χ0) is 18.3. The third-order valence-electron chi connectivity index (χ3n) is 6.14. The number of nitrogens with zero attached hydrogens (tertiary/aromatic N) is 2. The Kier molecular flexibility index (Phi) is 4.65. The summed E-state index contributed by atoms with van der Waals surface area (Å²) in [5.41, 5.74) is 0.139. The molecule has 1 spiro atoms. The maximum atomic E-state index is 14.0. The van der Waals surface area contributed by atoms with Gasteiger partial charge in [0.05, 0.1) is 10.6 Å². The molecule has 1 aliphatic carbocycles. The molecule has 1 aromatic rings. The van der Waals surface area contributed by atoms with Crippen molar-refractivity contribution in [1.29, 1.82) is 0 Å². The summed E-state index contributed by atoms with van der Waals surface area (Å²) in [6, 6.07) is 4.24. The monoisotopic (exact) mass is 379 g/mol. The van der Waals surface area contributed by atoms with E-state index in [-0.39, 0.29) is 27.8 Å². The first-order chi connectivity index (χ1) is 12.5. The number of amides is 2. The van der Waals surface area contributed by atoms with Gasteiger partial charge in [-0.1, -0.05) is 17.7 Å². The average molecular weight is 380 g/mol. The smallest absolute Gasteiger partial charge is 0.258 e. The van der Waals surface area contributed by atoms with Crippen LogP contribution in [0.2, 0.25) is 5.02 Å². The third-order valence-corrected chi connectivity index (χ3v) is 6.46. The molecule has 1 saturated carbocycles. The van der Waals surface area contributed by atoms with Crippen LogP contribution in [-0.2, 0) is 4.79 Å². The van der Waals surface area contributed by atoms with Crippen LogP contribution < -0.4 is 5.32 Å². The summed E-state index contributed by atoms with van der Waals surface area (Å²) in [6.07, 6.45) is 3.15. The Morgan fingerprint density at radius 1 is 1.12 bits per heavy atom. The van der Waals surface area contributed by atoms with Gasteiger partial charge in [0.2, 0.25) is 5.91 Å². The molecule has 2 aliphatic heterocycles. The predicted molar refractivity (Wildman–Crippen MR) is 96.5 cm³/mol. The Labute approximate surface area is 157 Å². The number of rotatable bonds is 2. The van der Waals surface area contributed by atoms with Crippen LogP contribution in [0.5, 0.6) is 0 Å². The van der Waals surface area contributed by atoms with Crippen LogP contribution in [0.25, 0.3) is 0 Å². The molecule has 0 radical (unpaired) electrons. The van der Waals surface area contributed by atoms with E-state index in [0.29, 0.717) is 26.2 Å². The molecular formula is C19H23ClFN3O2. The molecule has 1 unspecified atom stereocenters. The molecule has 4 rings (SSSR count). The Balaban J connectivity index is 1.36. The Morgan fingerprint density at radius 3 is 2.42 bits per heavy atom. The summed E-state index contributed by atoms with van der Waals surface area (Å²) in [5, 5.41) is 3.48. The highest BCUT2D eigenvalue weighted by molar-refractivity contribution is 6.33. The van der Waals surface area contributed by atoms with Gasteiger partial charge in [0, 0.05) is 32.1 Å². The fourth-order valence-corrected chi connectivity index (χ4v) is 4.63. The summed E-state index contributed by atoms with van der Waals surface area (Å²) in [7, 11) is 0. The van der Waals surface area contributed by atoms with Crippen molar-refractivity contribution >= 4 is 23.4 Å². The van der Waals surface area contributed by atoms with Crippen LogP contribution in [0.1, 0.15) is 29.6 Å². The number of nitrogens with one attached hydrogen (secondary N) is 1. The zero-order valence-corrected chi connectivity index (χ0v) is 15.4. The molecule has 1 N–H and O–H groups in total. The summed E-state index contributed by atoms with van der Waals surface area (Å²) in [5.74, 6) is -0.635. The number of carbonyl (C=O) groups is 2. The van der Waals surface area contributed by atoms with E-state index in [4.69, 9.17) is 11.6 Å². The summed E-state index contributed by atoms with van der Waals surface area (Å²) >= 11 is 6.00. The van der Waals surface area contributed by atoms with Crippen LogP contribution in [-0.4, -0.2) is 60.9 Å². The summed E-state index contributed by atoms with van der Waals surface area (Å²) in [4.78, 5) is 28.9. The number of piperazine rings is 1. The van der Waals surface area contributed by atoms with Crippen molar-refractivity contribution in [1.82, 2.24) is 15.1 Å². The third kappa shape index (κ3) is 3.09. The van der Waals surface area contributed by atoms with Crippen LogP contribution >= 0.6 is 11.6 Å². The Bertz CT molecular complexity index is 707. The van der Waals surface area contributed by atoms with Gasteiger partial charge in [-0.2, -0.15) is 0 Å². The quantitative estimate of drug-likeness (QED) is 0.856. The lowest BCUT2D eigenvalue weighted by Crippen LogP contribution is -2.51. The largest absolute Gasteiger partial charge is 0.339 e. The Morgan fingerprint density at radius 2 is 1.77 bits per heavy atom. The number of halogens is 2. The van der Waals surface area contributed by atoms with Crippen molar-refractivity contribution in [3.63, 3.8) is 0 Å².